The van der Waals surface area contributed by atoms with E-state index >= 15 is 0 Å². The van der Waals surface area contributed by atoms with E-state index in [2.05, 4.69) is 5.32 Å². The summed E-state index contributed by atoms with van der Waals surface area (Å²) in [7, 11) is 1.30. The second-order valence-corrected chi connectivity index (χ2v) is 8.71. The number of carbonyl (C=O) groups excluding carboxylic acids is 3. The van der Waals surface area contributed by atoms with Gasteiger partial charge in [-0.1, -0.05) is 36.4 Å². The largest absolute Gasteiger partial charge is 0.466 e. The maximum absolute atomic E-state index is 12.6. The van der Waals surface area contributed by atoms with E-state index in [1.165, 1.54) is 13.4 Å². The third-order valence-corrected chi connectivity index (χ3v) is 6.50. The predicted molar refractivity (Wildman–Crippen MR) is 121 cm³/mol. The Morgan fingerprint density at radius 3 is 2.74 bits per heavy atom. The van der Waals surface area contributed by atoms with Crippen molar-refractivity contribution in [3.63, 3.8) is 0 Å². The average Bonchev–Trinajstić information content (AvgIpc) is 3.54. The van der Waals surface area contributed by atoms with E-state index < -0.39 is 36.2 Å². The highest BCUT2D eigenvalue weighted by atomic mass is 16.7. The zero-order valence-electron chi connectivity index (χ0n) is 19.1. The Hall–Kier alpha value is -3.17. The Morgan fingerprint density at radius 2 is 2.03 bits per heavy atom. The minimum absolute atomic E-state index is 0.0317. The minimum Gasteiger partial charge on any atom is -0.466 e. The molecule has 4 rings (SSSR count). The molecule has 2 aliphatic heterocycles. The van der Waals surface area contributed by atoms with Crippen LogP contribution < -0.4 is 11.1 Å². The molecule has 5 atom stereocenters. The lowest BCUT2D eigenvalue weighted by Gasteiger charge is -2.34. The molecule has 1 aromatic carbocycles. The molecule has 0 amide bonds. The van der Waals surface area contributed by atoms with Crippen molar-refractivity contribution in [1.82, 2.24) is 5.32 Å². The van der Waals surface area contributed by atoms with Crippen molar-refractivity contribution in [2.45, 2.75) is 44.1 Å². The van der Waals surface area contributed by atoms with E-state index in [4.69, 9.17) is 24.7 Å². The van der Waals surface area contributed by atoms with E-state index in [9.17, 15) is 14.4 Å². The van der Waals surface area contributed by atoms with Gasteiger partial charge in [-0.05, 0) is 43.4 Å². The van der Waals surface area contributed by atoms with Crippen LogP contribution in [0.25, 0.3) is 0 Å². The SMILES string of the molecule is COC(=O)C1=CO[C@@H](OC(=O)[C@H]2CCCN2)[C@@H]2C(COC(=O)[C@@H](N)Cc3ccccc3)=CC[C@H]12. The van der Waals surface area contributed by atoms with Crippen molar-refractivity contribution in [3.05, 3.63) is 59.4 Å². The first kappa shape index (κ1) is 24.0. The first-order valence-corrected chi connectivity index (χ1v) is 11.5. The van der Waals surface area contributed by atoms with Crippen LogP contribution in [0.5, 0.6) is 0 Å². The number of hydrogen-bond donors (Lipinski definition) is 2. The molecule has 0 radical (unpaired) electrons. The smallest absolute Gasteiger partial charge is 0.337 e. The van der Waals surface area contributed by atoms with Crippen LogP contribution >= 0.6 is 0 Å². The summed E-state index contributed by atoms with van der Waals surface area (Å²) >= 11 is 0. The van der Waals surface area contributed by atoms with Gasteiger partial charge in [0.1, 0.15) is 18.7 Å². The highest BCUT2D eigenvalue weighted by Gasteiger charge is 2.47. The van der Waals surface area contributed by atoms with Gasteiger partial charge in [0.05, 0.1) is 24.9 Å². The van der Waals surface area contributed by atoms with Crippen molar-refractivity contribution in [3.8, 4) is 0 Å². The van der Waals surface area contributed by atoms with E-state index in [1.54, 1.807) is 0 Å². The first-order valence-electron chi connectivity index (χ1n) is 11.5. The fraction of sp³-hybridized carbons (Fsp3) is 0.480. The molecule has 9 heteroatoms. The third kappa shape index (κ3) is 5.31. The fourth-order valence-electron chi connectivity index (χ4n) is 4.69. The van der Waals surface area contributed by atoms with Gasteiger partial charge >= 0.3 is 17.9 Å². The number of esters is 3. The zero-order valence-corrected chi connectivity index (χ0v) is 19.1. The van der Waals surface area contributed by atoms with E-state index in [0.29, 0.717) is 24.8 Å². The summed E-state index contributed by atoms with van der Waals surface area (Å²) in [6, 6.07) is 8.27. The molecule has 2 heterocycles. The number of hydrogen-bond acceptors (Lipinski definition) is 9. The van der Waals surface area contributed by atoms with E-state index in [0.717, 1.165) is 24.1 Å². The molecule has 182 valence electrons. The summed E-state index contributed by atoms with van der Waals surface area (Å²) in [4.78, 5) is 37.4. The Morgan fingerprint density at radius 1 is 1.24 bits per heavy atom. The molecule has 1 saturated heterocycles. The Kier molecular flexibility index (Phi) is 7.64. The quantitative estimate of drug-likeness (QED) is 0.329. The second-order valence-electron chi connectivity index (χ2n) is 8.71. The van der Waals surface area contributed by atoms with Gasteiger partial charge in [-0.3, -0.25) is 9.59 Å². The molecule has 0 saturated carbocycles. The molecule has 3 aliphatic rings. The summed E-state index contributed by atoms with van der Waals surface area (Å²) in [5.41, 5.74) is 8.06. The molecule has 34 heavy (non-hydrogen) atoms. The number of benzene rings is 1. The molecule has 3 N–H and O–H groups in total. The Bertz CT molecular complexity index is 969. The number of rotatable bonds is 8. The number of allylic oxidation sites excluding steroid dienone is 1. The van der Waals surface area contributed by atoms with Crippen LogP contribution in [0, 0.1) is 11.8 Å². The van der Waals surface area contributed by atoms with E-state index in [1.807, 2.05) is 36.4 Å². The maximum atomic E-state index is 12.6. The Labute approximate surface area is 198 Å². The van der Waals surface area contributed by atoms with Gasteiger partial charge in [0, 0.05) is 5.92 Å². The Balaban J connectivity index is 1.42. The lowest BCUT2D eigenvalue weighted by atomic mass is 9.83. The number of nitrogens with one attached hydrogen (secondary N) is 1. The summed E-state index contributed by atoms with van der Waals surface area (Å²) < 4.78 is 21.8. The molecule has 0 unspecified atom stereocenters. The minimum atomic E-state index is -0.932. The molecule has 1 aromatic rings. The predicted octanol–water partition coefficient (Wildman–Crippen LogP) is 1.37. The average molecular weight is 471 g/mol. The molecular weight excluding hydrogens is 440 g/mol. The van der Waals surface area contributed by atoms with Gasteiger partial charge in [-0.2, -0.15) is 0 Å². The van der Waals surface area contributed by atoms with Gasteiger partial charge in [-0.15, -0.1) is 0 Å². The van der Waals surface area contributed by atoms with Gasteiger partial charge in [0.2, 0.25) is 0 Å². The lowest BCUT2D eigenvalue weighted by Crippen LogP contribution is -2.43. The van der Waals surface area contributed by atoms with E-state index in [-0.39, 0.29) is 18.6 Å². The summed E-state index contributed by atoms with van der Waals surface area (Å²) in [5, 5.41) is 3.11. The molecule has 1 fully saturated rings. The number of ether oxygens (including phenoxy) is 4. The van der Waals surface area contributed by atoms with Gasteiger partial charge in [0.25, 0.3) is 6.29 Å². The first-order chi connectivity index (χ1) is 16.5. The van der Waals surface area contributed by atoms with Crippen LogP contribution in [0.1, 0.15) is 24.8 Å². The van der Waals surface area contributed by atoms with Crippen LogP contribution in [0.4, 0.5) is 0 Å². The number of nitrogens with two attached hydrogens (primary N) is 1. The van der Waals surface area contributed by atoms with Crippen molar-refractivity contribution in [1.29, 1.82) is 0 Å². The van der Waals surface area contributed by atoms with Gasteiger partial charge in [0.15, 0.2) is 0 Å². The summed E-state index contributed by atoms with van der Waals surface area (Å²) in [6.45, 7) is 0.726. The number of carbonyl (C=O) groups is 3. The molecule has 0 spiro atoms. The highest BCUT2D eigenvalue weighted by molar-refractivity contribution is 5.89. The fourth-order valence-corrected chi connectivity index (χ4v) is 4.69. The normalized spacial score (nSPS) is 26.4. The molecule has 0 aromatic heterocycles. The number of methoxy groups -OCH3 is 1. The monoisotopic (exact) mass is 470 g/mol. The maximum Gasteiger partial charge on any atom is 0.337 e. The van der Waals surface area contributed by atoms with Gasteiger partial charge < -0.3 is 30.0 Å². The lowest BCUT2D eigenvalue weighted by molar-refractivity contribution is -0.184. The van der Waals surface area contributed by atoms with Crippen LogP contribution in [-0.2, 0) is 39.8 Å². The van der Waals surface area contributed by atoms with Crippen LogP contribution in [0.2, 0.25) is 0 Å². The summed E-state index contributed by atoms with van der Waals surface area (Å²) in [6.07, 6.45) is 4.73. The summed E-state index contributed by atoms with van der Waals surface area (Å²) in [5.74, 6) is -2.21. The van der Waals surface area contributed by atoms with Crippen molar-refractivity contribution in [2.75, 3.05) is 20.3 Å². The van der Waals surface area contributed by atoms with Crippen molar-refractivity contribution in [2.24, 2.45) is 17.6 Å². The molecule has 0 bridgehead atoms. The van der Waals surface area contributed by atoms with Crippen LogP contribution in [0.3, 0.4) is 0 Å². The highest BCUT2D eigenvalue weighted by Crippen LogP contribution is 2.44. The third-order valence-electron chi connectivity index (χ3n) is 6.50. The van der Waals surface area contributed by atoms with Crippen molar-refractivity contribution < 1.29 is 33.3 Å². The molecule has 1 aliphatic carbocycles. The van der Waals surface area contributed by atoms with Crippen molar-refractivity contribution >= 4 is 17.9 Å². The van der Waals surface area contributed by atoms with Gasteiger partial charge in [-0.25, -0.2) is 4.79 Å². The molecule has 9 nitrogen and oxygen atoms in total. The number of fused-ring (bicyclic) bond motifs is 1. The zero-order chi connectivity index (χ0) is 24.1. The van der Waals surface area contributed by atoms with Crippen LogP contribution in [-0.4, -0.2) is 56.5 Å². The second kappa shape index (κ2) is 10.8. The molecular formula is C25H30N2O7. The topological polar surface area (TPSA) is 126 Å². The van der Waals surface area contributed by atoms with Crippen LogP contribution in [0.15, 0.2) is 53.8 Å². The standard InChI is InChI=1S/C25H30N2O7/c1-31-22(28)18-14-33-25(34-24(30)20-8-5-11-27-20)21-16(9-10-17(18)21)13-32-23(29)19(26)12-15-6-3-2-4-7-15/h2-4,6-7,9,14,17,19-21,25,27H,5,8,10-13,26H2,1H3/t17-,19+,20-,21-,25+/m1/s1.